The quantitative estimate of drug-likeness (QED) is 0.0261. The van der Waals surface area contributed by atoms with Crippen LogP contribution in [0.25, 0.3) is 0 Å². The summed E-state index contributed by atoms with van der Waals surface area (Å²) in [7, 11) is 0. The van der Waals surface area contributed by atoms with Gasteiger partial charge in [-0.05, 0) is 70.6 Å². The van der Waals surface area contributed by atoms with Crippen molar-refractivity contribution in [3.05, 3.63) is 24.3 Å². The molecule has 0 heterocycles. The average Bonchev–Trinajstić information content (AvgIpc) is 3.40. The van der Waals surface area contributed by atoms with Crippen molar-refractivity contribution in [2.75, 3.05) is 13.2 Å². The summed E-state index contributed by atoms with van der Waals surface area (Å²) in [5, 5.41) is 0. The second-order valence-corrected chi connectivity index (χ2v) is 22.7. The molecule has 0 N–H and O–H groups in total. The standard InChI is InChI=1S/C68H128O6/c1-4-7-10-13-16-19-22-25-28-31-34-37-40-43-46-49-52-55-58-61-67(70)73-64-65(63-72-66(69)60-57-54-51-48-45-42-39-36-33-30-27-24-21-18-15-12-9-6-3)74-68(71)62-59-56-53-50-47-44-41-38-35-32-29-26-23-20-17-14-11-8-5-2/h25-26,28-29,65H,4-24,27,30-64H2,1-3H3/b28-25+,29-26+/t65-/m1/s1. The normalized spacial score (nSPS) is 12.1. The molecule has 0 spiro atoms. The first-order valence-electron chi connectivity index (χ1n) is 33.3. The van der Waals surface area contributed by atoms with Gasteiger partial charge in [-0.2, -0.15) is 0 Å². The summed E-state index contributed by atoms with van der Waals surface area (Å²) >= 11 is 0. The largest absolute Gasteiger partial charge is 0.462 e. The van der Waals surface area contributed by atoms with E-state index in [1.807, 2.05) is 0 Å². The molecule has 0 bridgehead atoms. The van der Waals surface area contributed by atoms with Crippen molar-refractivity contribution in [3.8, 4) is 0 Å². The molecule has 0 aromatic carbocycles. The highest BCUT2D eigenvalue weighted by Gasteiger charge is 2.19. The van der Waals surface area contributed by atoms with E-state index in [2.05, 4.69) is 45.1 Å². The van der Waals surface area contributed by atoms with E-state index in [1.54, 1.807) is 0 Å². The lowest BCUT2D eigenvalue weighted by Crippen LogP contribution is -2.30. The SMILES string of the molecule is CCCCCCCC/C=C/CCCCCCCCCCCC(=O)OC[C@@H](COC(=O)CCCCCCCCCCCCCCCCCCCC)OC(=O)CCCCCCCCCCC/C=C/CCCCCCCC. The number of allylic oxidation sites excluding steroid dienone is 4. The van der Waals surface area contributed by atoms with Gasteiger partial charge in [-0.1, -0.05) is 308 Å². The van der Waals surface area contributed by atoms with E-state index < -0.39 is 6.10 Å². The lowest BCUT2D eigenvalue weighted by Gasteiger charge is -2.18. The monoisotopic (exact) mass is 1040 g/mol. The maximum absolute atomic E-state index is 12.9. The van der Waals surface area contributed by atoms with E-state index in [1.165, 1.54) is 276 Å². The molecule has 0 aromatic heterocycles. The van der Waals surface area contributed by atoms with Crippen molar-refractivity contribution in [2.24, 2.45) is 0 Å². The molecule has 1 atom stereocenters. The zero-order valence-corrected chi connectivity index (χ0v) is 50.1. The Balaban J connectivity index is 4.32. The summed E-state index contributed by atoms with van der Waals surface area (Å²) in [6.45, 7) is 6.71. The molecule has 0 amide bonds. The van der Waals surface area contributed by atoms with Crippen molar-refractivity contribution in [1.82, 2.24) is 0 Å². The minimum absolute atomic E-state index is 0.0671. The second-order valence-electron chi connectivity index (χ2n) is 22.7. The van der Waals surface area contributed by atoms with Crippen LogP contribution in [0.1, 0.15) is 374 Å². The molecule has 0 rings (SSSR count). The van der Waals surface area contributed by atoms with Crippen molar-refractivity contribution in [3.63, 3.8) is 0 Å². The number of rotatable bonds is 62. The summed E-state index contributed by atoms with van der Waals surface area (Å²) in [4.78, 5) is 38.4. The number of unbranched alkanes of at least 4 members (excludes halogenated alkanes) is 47. The number of carbonyl (C=O) groups is 3. The van der Waals surface area contributed by atoms with Gasteiger partial charge < -0.3 is 14.2 Å². The maximum atomic E-state index is 12.9. The smallest absolute Gasteiger partial charge is 0.306 e. The van der Waals surface area contributed by atoms with Crippen LogP contribution in [0.4, 0.5) is 0 Å². The molecule has 0 aliphatic carbocycles. The highest BCUT2D eigenvalue weighted by Crippen LogP contribution is 2.18. The van der Waals surface area contributed by atoms with Crippen molar-refractivity contribution in [1.29, 1.82) is 0 Å². The van der Waals surface area contributed by atoms with Crippen LogP contribution in [0, 0.1) is 0 Å². The van der Waals surface area contributed by atoms with Crippen LogP contribution < -0.4 is 0 Å². The Hall–Kier alpha value is -2.11. The van der Waals surface area contributed by atoms with Crippen molar-refractivity contribution < 1.29 is 28.6 Å². The highest BCUT2D eigenvalue weighted by molar-refractivity contribution is 5.71. The Morgan fingerprint density at radius 3 is 0.676 bits per heavy atom. The van der Waals surface area contributed by atoms with E-state index in [0.717, 1.165) is 57.8 Å². The third-order valence-electron chi connectivity index (χ3n) is 15.2. The number of carbonyl (C=O) groups excluding carboxylic acids is 3. The Labute approximate surface area is 462 Å². The predicted octanol–water partition coefficient (Wildman–Crippen LogP) is 22.6. The number of hydrogen-bond donors (Lipinski definition) is 0. The molecule has 6 heteroatoms. The topological polar surface area (TPSA) is 78.9 Å². The first-order chi connectivity index (χ1) is 36.5. The van der Waals surface area contributed by atoms with E-state index in [-0.39, 0.29) is 31.1 Å². The molecular formula is C68H128O6. The third kappa shape index (κ3) is 60.8. The molecule has 0 fully saturated rings. The second kappa shape index (κ2) is 63.4. The van der Waals surface area contributed by atoms with Crippen LogP contribution in [0.2, 0.25) is 0 Å². The Morgan fingerprint density at radius 1 is 0.257 bits per heavy atom. The van der Waals surface area contributed by atoms with Gasteiger partial charge in [0.25, 0.3) is 0 Å². The fourth-order valence-corrected chi connectivity index (χ4v) is 10.1. The molecule has 0 aromatic rings. The number of ether oxygens (including phenoxy) is 3. The highest BCUT2D eigenvalue weighted by atomic mass is 16.6. The van der Waals surface area contributed by atoms with Crippen LogP contribution in [0.15, 0.2) is 24.3 Å². The van der Waals surface area contributed by atoms with Gasteiger partial charge in [0, 0.05) is 19.3 Å². The Kier molecular flexibility index (Phi) is 61.6. The lowest BCUT2D eigenvalue weighted by molar-refractivity contribution is -0.167. The van der Waals surface area contributed by atoms with E-state index in [9.17, 15) is 14.4 Å². The minimum atomic E-state index is -0.771. The summed E-state index contributed by atoms with van der Waals surface area (Å²) in [5.41, 5.74) is 0. The molecule has 0 unspecified atom stereocenters. The maximum Gasteiger partial charge on any atom is 0.306 e. The molecular weight excluding hydrogens is 913 g/mol. The Morgan fingerprint density at radius 2 is 0.446 bits per heavy atom. The van der Waals surface area contributed by atoms with Gasteiger partial charge in [0.15, 0.2) is 6.10 Å². The van der Waals surface area contributed by atoms with Gasteiger partial charge in [-0.3, -0.25) is 14.4 Å². The summed E-state index contributed by atoms with van der Waals surface area (Å²) in [6, 6.07) is 0. The van der Waals surface area contributed by atoms with Gasteiger partial charge in [-0.15, -0.1) is 0 Å². The first-order valence-corrected chi connectivity index (χ1v) is 33.3. The molecule has 0 radical (unpaired) electrons. The van der Waals surface area contributed by atoms with Crippen molar-refractivity contribution >= 4 is 17.9 Å². The molecule has 436 valence electrons. The van der Waals surface area contributed by atoms with Crippen molar-refractivity contribution in [2.45, 2.75) is 380 Å². The summed E-state index contributed by atoms with van der Waals surface area (Å²) in [5.74, 6) is -0.842. The molecule has 74 heavy (non-hydrogen) atoms. The molecule has 0 aliphatic heterocycles. The van der Waals surface area contributed by atoms with Gasteiger partial charge in [0.05, 0.1) is 0 Å². The number of esters is 3. The van der Waals surface area contributed by atoms with Gasteiger partial charge in [0.2, 0.25) is 0 Å². The number of hydrogen-bond acceptors (Lipinski definition) is 6. The first kappa shape index (κ1) is 71.9. The molecule has 0 saturated carbocycles. The molecule has 6 nitrogen and oxygen atoms in total. The zero-order chi connectivity index (χ0) is 53.6. The summed E-state index contributed by atoms with van der Waals surface area (Å²) in [6.07, 6.45) is 76.1. The van der Waals surface area contributed by atoms with Crippen LogP contribution in [-0.4, -0.2) is 37.2 Å². The predicted molar refractivity (Wildman–Crippen MR) is 321 cm³/mol. The van der Waals surface area contributed by atoms with Crippen LogP contribution in [0.3, 0.4) is 0 Å². The summed E-state index contributed by atoms with van der Waals surface area (Å²) < 4.78 is 17.0. The van der Waals surface area contributed by atoms with Gasteiger partial charge in [-0.25, -0.2) is 0 Å². The van der Waals surface area contributed by atoms with Crippen LogP contribution in [-0.2, 0) is 28.6 Å². The van der Waals surface area contributed by atoms with Crippen LogP contribution >= 0.6 is 0 Å². The fraction of sp³-hybridized carbons (Fsp3) is 0.897. The third-order valence-corrected chi connectivity index (χ3v) is 15.2. The van der Waals surface area contributed by atoms with Gasteiger partial charge in [0.1, 0.15) is 13.2 Å². The van der Waals surface area contributed by atoms with Crippen LogP contribution in [0.5, 0.6) is 0 Å². The van der Waals surface area contributed by atoms with E-state index in [0.29, 0.717) is 19.3 Å². The lowest BCUT2D eigenvalue weighted by atomic mass is 10.0. The molecule has 0 aliphatic rings. The molecule has 0 saturated heterocycles. The zero-order valence-electron chi connectivity index (χ0n) is 50.1. The Bertz CT molecular complexity index is 1190. The average molecular weight is 1040 g/mol. The van der Waals surface area contributed by atoms with E-state index in [4.69, 9.17) is 14.2 Å². The van der Waals surface area contributed by atoms with E-state index >= 15 is 0 Å². The minimum Gasteiger partial charge on any atom is -0.462 e. The van der Waals surface area contributed by atoms with Gasteiger partial charge >= 0.3 is 17.9 Å². The fourth-order valence-electron chi connectivity index (χ4n) is 10.1.